The van der Waals surface area contributed by atoms with Crippen molar-refractivity contribution >= 4 is 21.4 Å². The Morgan fingerprint density at radius 3 is 2.89 bits per heavy atom. The lowest BCUT2D eigenvalue weighted by Crippen LogP contribution is -2.30. The van der Waals surface area contributed by atoms with Gasteiger partial charge in [0.1, 0.15) is 11.9 Å². The van der Waals surface area contributed by atoms with Crippen molar-refractivity contribution in [2.75, 3.05) is 0 Å². The molecule has 4 nitrogen and oxygen atoms in total. The van der Waals surface area contributed by atoms with E-state index in [-0.39, 0.29) is 6.04 Å². The SMILES string of the molecule is Cn1ccnc1C(NN)c1cc2ccccc2s1. The molecule has 1 unspecified atom stereocenters. The third kappa shape index (κ3) is 1.82. The number of nitrogens with one attached hydrogen (secondary N) is 1. The first kappa shape index (κ1) is 11.4. The van der Waals surface area contributed by atoms with Crippen molar-refractivity contribution in [1.82, 2.24) is 15.0 Å². The topological polar surface area (TPSA) is 55.9 Å². The Balaban J connectivity index is 2.09. The monoisotopic (exact) mass is 258 g/mol. The maximum Gasteiger partial charge on any atom is 0.132 e. The van der Waals surface area contributed by atoms with Crippen LogP contribution in [0.4, 0.5) is 0 Å². The second kappa shape index (κ2) is 4.53. The molecule has 3 rings (SSSR count). The minimum atomic E-state index is -0.0672. The summed E-state index contributed by atoms with van der Waals surface area (Å²) in [5.74, 6) is 6.61. The molecule has 0 saturated carbocycles. The summed E-state index contributed by atoms with van der Waals surface area (Å²) in [6.45, 7) is 0. The molecule has 1 atom stereocenters. The molecular weight excluding hydrogens is 244 g/mol. The highest BCUT2D eigenvalue weighted by Crippen LogP contribution is 2.31. The van der Waals surface area contributed by atoms with Crippen molar-refractivity contribution in [2.45, 2.75) is 6.04 Å². The summed E-state index contributed by atoms with van der Waals surface area (Å²) < 4.78 is 3.25. The van der Waals surface area contributed by atoms with Crippen LogP contribution in [-0.4, -0.2) is 9.55 Å². The quantitative estimate of drug-likeness (QED) is 0.559. The summed E-state index contributed by atoms with van der Waals surface area (Å²) in [7, 11) is 1.97. The lowest BCUT2D eigenvalue weighted by Gasteiger charge is -2.13. The maximum atomic E-state index is 5.69. The number of hydrazine groups is 1. The van der Waals surface area contributed by atoms with E-state index >= 15 is 0 Å². The van der Waals surface area contributed by atoms with E-state index in [2.05, 4.69) is 28.6 Å². The van der Waals surface area contributed by atoms with Gasteiger partial charge in [0.05, 0.1) is 0 Å². The Morgan fingerprint density at radius 2 is 2.22 bits per heavy atom. The highest BCUT2D eigenvalue weighted by atomic mass is 32.1. The third-order valence-electron chi connectivity index (χ3n) is 3.01. The largest absolute Gasteiger partial charge is 0.336 e. The molecule has 2 aromatic heterocycles. The van der Waals surface area contributed by atoms with Gasteiger partial charge < -0.3 is 4.57 Å². The molecule has 0 spiro atoms. The van der Waals surface area contributed by atoms with Crippen LogP contribution < -0.4 is 11.3 Å². The zero-order valence-electron chi connectivity index (χ0n) is 10.00. The summed E-state index contributed by atoms with van der Waals surface area (Å²) in [5.41, 5.74) is 2.85. The summed E-state index contributed by atoms with van der Waals surface area (Å²) in [6, 6.07) is 10.4. The Hall–Kier alpha value is -1.69. The predicted molar refractivity (Wildman–Crippen MR) is 74.2 cm³/mol. The van der Waals surface area contributed by atoms with E-state index in [1.54, 1.807) is 17.5 Å². The number of fused-ring (bicyclic) bond motifs is 1. The Labute approximate surface area is 109 Å². The number of imidazole rings is 1. The van der Waals surface area contributed by atoms with E-state index in [1.165, 1.54) is 15.0 Å². The molecule has 0 bridgehead atoms. The molecule has 0 radical (unpaired) electrons. The van der Waals surface area contributed by atoms with Crippen molar-refractivity contribution in [1.29, 1.82) is 0 Å². The Bertz CT molecular complexity index is 637. The number of hydrogen-bond acceptors (Lipinski definition) is 4. The van der Waals surface area contributed by atoms with Gasteiger partial charge in [-0.1, -0.05) is 18.2 Å². The van der Waals surface area contributed by atoms with Gasteiger partial charge >= 0.3 is 0 Å². The van der Waals surface area contributed by atoms with E-state index in [0.717, 1.165) is 5.82 Å². The fraction of sp³-hybridized carbons (Fsp3) is 0.154. The molecule has 0 aliphatic carbocycles. The van der Waals surface area contributed by atoms with Crippen LogP contribution in [0, 0.1) is 0 Å². The van der Waals surface area contributed by atoms with Gasteiger partial charge in [-0.05, 0) is 17.5 Å². The van der Waals surface area contributed by atoms with Crippen molar-refractivity contribution in [2.24, 2.45) is 12.9 Å². The molecule has 0 aliphatic rings. The lowest BCUT2D eigenvalue weighted by atomic mass is 10.2. The van der Waals surface area contributed by atoms with E-state index in [9.17, 15) is 0 Å². The smallest absolute Gasteiger partial charge is 0.132 e. The average Bonchev–Trinajstić information content (AvgIpc) is 2.97. The van der Waals surface area contributed by atoms with Gasteiger partial charge in [-0.2, -0.15) is 0 Å². The van der Waals surface area contributed by atoms with Crippen molar-refractivity contribution in [3.05, 3.63) is 53.4 Å². The standard InChI is InChI=1S/C13H14N4S/c1-17-7-6-15-13(17)12(16-14)11-8-9-4-2-3-5-10(9)18-11/h2-8,12,16H,14H2,1H3. The highest BCUT2D eigenvalue weighted by Gasteiger charge is 2.18. The predicted octanol–water partition coefficient (Wildman–Crippen LogP) is 2.19. The molecule has 1 aromatic carbocycles. The summed E-state index contributed by atoms with van der Waals surface area (Å²) in [6.07, 6.45) is 3.71. The molecule has 0 fully saturated rings. The molecule has 3 N–H and O–H groups in total. The van der Waals surface area contributed by atoms with Crippen LogP contribution in [-0.2, 0) is 7.05 Å². The number of nitrogens with zero attached hydrogens (tertiary/aromatic N) is 2. The molecule has 0 aliphatic heterocycles. The number of aryl methyl sites for hydroxylation is 1. The molecule has 0 saturated heterocycles. The minimum Gasteiger partial charge on any atom is -0.336 e. The fourth-order valence-electron chi connectivity index (χ4n) is 2.08. The van der Waals surface area contributed by atoms with Gasteiger partial charge in [-0.25, -0.2) is 10.4 Å². The molecule has 2 heterocycles. The van der Waals surface area contributed by atoms with Crippen LogP contribution in [0.1, 0.15) is 16.7 Å². The van der Waals surface area contributed by atoms with Crippen LogP contribution >= 0.6 is 11.3 Å². The van der Waals surface area contributed by atoms with E-state index in [4.69, 9.17) is 5.84 Å². The van der Waals surface area contributed by atoms with Crippen LogP contribution in [0.15, 0.2) is 42.7 Å². The second-order valence-corrected chi connectivity index (χ2v) is 5.30. The average molecular weight is 258 g/mol. The van der Waals surface area contributed by atoms with Crippen molar-refractivity contribution < 1.29 is 0 Å². The summed E-state index contributed by atoms with van der Waals surface area (Å²) in [4.78, 5) is 5.53. The number of rotatable bonds is 3. The molecule has 3 aromatic rings. The summed E-state index contributed by atoms with van der Waals surface area (Å²) in [5, 5.41) is 1.24. The van der Waals surface area contributed by atoms with Gasteiger partial charge in [0.2, 0.25) is 0 Å². The van der Waals surface area contributed by atoms with Crippen LogP contribution in [0.5, 0.6) is 0 Å². The van der Waals surface area contributed by atoms with Gasteiger partial charge in [-0.15, -0.1) is 11.3 Å². The number of aromatic nitrogens is 2. The lowest BCUT2D eigenvalue weighted by molar-refractivity contribution is 0.588. The number of hydrogen-bond donors (Lipinski definition) is 2. The number of nitrogens with two attached hydrogens (primary N) is 1. The van der Waals surface area contributed by atoms with Crippen molar-refractivity contribution in [3.8, 4) is 0 Å². The third-order valence-corrected chi connectivity index (χ3v) is 4.19. The second-order valence-electron chi connectivity index (χ2n) is 4.18. The van der Waals surface area contributed by atoms with Gasteiger partial charge in [-0.3, -0.25) is 5.84 Å². The zero-order chi connectivity index (χ0) is 12.5. The maximum absolute atomic E-state index is 5.69. The number of benzene rings is 1. The minimum absolute atomic E-state index is 0.0672. The molecular formula is C13H14N4S. The molecule has 92 valence electrons. The van der Waals surface area contributed by atoms with Gasteiger partial charge in [0.15, 0.2) is 0 Å². The van der Waals surface area contributed by atoms with Gasteiger partial charge in [0.25, 0.3) is 0 Å². The first-order valence-corrected chi connectivity index (χ1v) is 6.53. The number of thiophene rings is 1. The Morgan fingerprint density at radius 1 is 1.39 bits per heavy atom. The van der Waals surface area contributed by atoms with E-state index < -0.39 is 0 Å². The summed E-state index contributed by atoms with van der Waals surface area (Å²) >= 11 is 1.74. The van der Waals surface area contributed by atoms with Crippen LogP contribution in [0.25, 0.3) is 10.1 Å². The zero-order valence-corrected chi connectivity index (χ0v) is 10.8. The highest BCUT2D eigenvalue weighted by molar-refractivity contribution is 7.19. The van der Waals surface area contributed by atoms with Gasteiger partial charge in [0, 0.05) is 29.0 Å². The normalized spacial score (nSPS) is 13.0. The molecule has 0 amide bonds. The van der Waals surface area contributed by atoms with E-state index in [0.29, 0.717) is 0 Å². The first-order valence-electron chi connectivity index (χ1n) is 5.71. The van der Waals surface area contributed by atoms with Crippen LogP contribution in [0.3, 0.4) is 0 Å². The molecule has 5 heteroatoms. The van der Waals surface area contributed by atoms with Crippen molar-refractivity contribution in [3.63, 3.8) is 0 Å². The fourth-order valence-corrected chi connectivity index (χ4v) is 3.21. The first-order chi connectivity index (χ1) is 8.79. The Kier molecular flexibility index (Phi) is 2.87. The van der Waals surface area contributed by atoms with E-state index in [1.807, 2.05) is 29.9 Å². The molecule has 18 heavy (non-hydrogen) atoms. The van der Waals surface area contributed by atoms with Crippen LogP contribution in [0.2, 0.25) is 0 Å².